The van der Waals surface area contributed by atoms with Gasteiger partial charge in [0.2, 0.25) is 0 Å². The Hall–Kier alpha value is -1.44. The van der Waals surface area contributed by atoms with Gasteiger partial charge in [0, 0.05) is 0 Å². The summed E-state index contributed by atoms with van der Waals surface area (Å²) in [6, 6.07) is 0. The van der Waals surface area contributed by atoms with Crippen LogP contribution in [0.25, 0.3) is 0 Å². The Morgan fingerprint density at radius 2 is 1.94 bits per heavy atom. The fourth-order valence-corrected chi connectivity index (χ4v) is 1.53. The molecule has 0 aromatic carbocycles. The topological polar surface area (TPSA) is 18.5 Å². The zero-order valence-corrected chi connectivity index (χ0v) is 11.5. The molecule has 0 fully saturated rings. The van der Waals surface area contributed by atoms with E-state index in [-0.39, 0.29) is 6.10 Å². The van der Waals surface area contributed by atoms with E-state index < -0.39 is 0 Å². The second-order valence-electron chi connectivity index (χ2n) is 3.92. The predicted octanol–water partition coefficient (Wildman–Crippen LogP) is 4.37. The third-order valence-electron chi connectivity index (χ3n) is 2.39. The fraction of sp³-hybridized carbons (Fsp3) is 0.467. The third kappa shape index (κ3) is 6.00. The average molecular weight is 236 g/mol. The SMILES string of the molecule is C=C/C(=C\C(C)=C(/C=C)OC)OC(C)CCC. The Kier molecular flexibility index (Phi) is 7.95. The van der Waals surface area contributed by atoms with Crippen LogP contribution in [0.3, 0.4) is 0 Å². The van der Waals surface area contributed by atoms with Crippen LogP contribution in [-0.2, 0) is 9.47 Å². The van der Waals surface area contributed by atoms with E-state index in [0.29, 0.717) is 0 Å². The maximum atomic E-state index is 5.77. The molecule has 0 aromatic heterocycles. The molecule has 0 aliphatic rings. The van der Waals surface area contributed by atoms with Crippen LogP contribution in [0, 0.1) is 0 Å². The van der Waals surface area contributed by atoms with E-state index in [1.165, 1.54) is 0 Å². The summed E-state index contributed by atoms with van der Waals surface area (Å²) < 4.78 is 11.0. The van der Waals surface area contributed by atoms with Gasteiger partial charge in [0.05, 0.1) is 13.2 Å². The first kappa shape index (κ1) is 15.6. The van der Waals surface area contributed by atoms with E-state index >= 15 is 0 Å². The van der Waals surface area contributed by atoms with Gasteiger partial charge in [-0.25, -0.2) is 0 Å². The number of rotatable bonds is 8. The fourth-order valence-electron chi connectivity index (χ4n) is 1.53. The maximum Gasteiger partial charge on any atom is 0.121 e. The van der Waals surface area contributed by atoms with Crippen LogP contribution >= 0.6 is 0 Å². The zero-order chi connectivity index (χ0) is 13.3. The number of hydrogen-bond acceptors (Lipinski definition) is 2. The van der Waals surface area contributed by atoms with Gasteiger partial charge in [-0.3, -0.25) is 0 Å². The van der Waals surface area contributed by atoms with E-state index in [1.54, 1.807) is 19.3 Å². The zero-order valence-electron chi connectivity index (χ0n) is 11.5. The van der Waals surface area contributed by atoms with Crippen LogP contribution in [0.5, 0.6) is 0 Å². The van der Waals surface area contributed by atoms with Crippen molar-refractivity contribution in [3.05, 3.63) is 48.5 Å². The second-order valence-corrected chi connectivity index (χ2v) is 3.92. The highest BCUT2D eigenvalue weighted by Crippen LogP contribution is 2.14. The van der Waals surface area contributed by atoms with Crippen molar-refractivity contribution in [3.8, 4) is 0 Å². The molecule has 0 bridgehead atoms. The van der Waals surface area contributed by atoms with E-state index in [1.807, 2.05) is 13.0 Å². The van der Waals surface area contributed by atoms with E-state index in [4.69, 9.17) is 9.47 Å². The summed E-state index contributed by atoms with van der Waals surface area (Å²) in [5.41, 5.74) is 0.973. The number of hydrogen-bond donors (Lipinski definition) is 0. The lowest BCUT2D eigenvalue weighted by molar-refractivity contribution is 0.132. The summed E-state index contributed by atoms with van der Waals surface area (Å²) in [5.74, 6) is 1.51. The highest BCUT2D eigenvalue weighted by Gasteiger charge is 2.04. The van der Waals surface area contributed by atoms with Gasteiger partial charge in [-0.1, -0.05) is 26.5 Å². The average Bonchev–Trinajstić information content (AvgIpc) is 2.30. The van der Waals surface area contributed by atoms with Crippen LogP contribution in [-0.4, -0.2) is 13.2 Å². The normalized spacial score (nSPS) is 14.7. The molecule has 0 heterocycles. The third-order valence-corrected chi connectivity index (χ3v) is 2.39. The van der Waals surface area contributed by atoms with E-state index in [2.05, 4.69) is 27.0 Å². The van der Waals surface area contributed by atoms with Gasteiger partial charge >= 0.3 is 0 Å². The van der Waals surface area contributed by atoms with Crippen LogP contribution in [0.1, 0.15) is 33.6 Å². The maximum absolute atomic E-state index is 5.77. The molecule has 0 aliphatic carbocycles. The van der Waals surface area contributed by atoms with Crippen molar-refractivity contribution in [1.29, 1.82) is 0 Å². The Morgan fingerprint density at radius 1 is 1.29 bits per heavy atom. The molecule has 1 unspecified atom stereocenters. The van der Waals surface area contributed by atoms with Crippen LogP contribution in [0.2, 0.25) is 0 Å². The van der Waals surface area contributed by atoms with Crippen molar-refractivity contribution in [2.45, 2.75) is 39.7 Å². The lowest BCUT2D eigenvalue weighted by Gasteiger charge is -2.15. The Balaban J connectivity index is 4.81. The highest BCUT2D eigenvalue weighted by molar-refractivity contribution is 5.30. The molecular weight excluding hydrogens is 212 g/mol. The molecule has 17 heavy (non-hydrogen) atoms. The second kappa shape index (κ2) is 8.68. The standard InChI is InChI=1S/C15H24O2/c1-7-10-13(5)17-14(8-2)11-12(4)15(9-3)16-6/h8-9,11,13H,2-3,7,10H2,1,4-6H3/b14-11+,15-12+. The molecule has 2 nitrogen and oxygen atoms in total. The molecule has 0 aromatic rings. The first-order valence-corrected chi connectivity index (χ1v) is 5.97. The minimum Gasteiger partial charge on any atom is -0.497 e. The van der Waals surface area contributed by atoms with Crippen molar-refractivity contribution < 1.29 is 9.47 Å². The summed E-state index contributed by atoms with van der Waals surface area (Å²) in [6.07, 6.45) is 7.66. The van der Waals surface area contributed by atoms with Gasteiger partial charge < -0.3 is 9.47 Å². The predicted molar refractivity (Wildman–Crippen MR) is 73.6 cm³/mol. The lowest BCUT2D eigenvalue weighted by atomic mass is 10.2. The molecular formula is C15H24O2. The summed E-state index contributed by atoms with van der Waals surface area (Å²) in [5, 5.41) is 0. The van der Waals surface area contributed by atoms with Gasteiger partial charge in [0.1, 0.15) is 11.5 Å². The largest absolute Gasteiger partial charge is 0.497 e. The Bertz CT molecular complexity index is 311. The monoisotopic (exact) mass is 236 g/mol. The minimum atomic E-state index is 0.201. The highest BCUT2D eigenvalue weighted by atomic mass is 16.5. The van der Waals surface area contributed by atoms with Crippen molar-refractivity contribution >= 4 is 0 Å². The van der Waals surface area contributed by atoms with Gasteiger partial charge in [-0.2, -0.15) is 0 Å². The number of methoxy groups -OCH3 is 1. The van der Waals surface area contributed by atoms with Crippen LogP contribution in [0.15, 0.2) is 48.5 Å². The van der Waals surface area contributed by atoms with E-state index in [0.717, 1.165) is 29.9 Å². The number of ether oxygens (including phenoxy) is 2. The smallest absolute Gasteiger partial charge is 0.121 e. The summed E-state index contributed by atoms with van der Waals surface area (Å²) in [7, 11) is 1.63. The summed E-state index contributed by atoms with van der Waals surface area (Å²) in [6.45, 7) is 13.6. The lowest BCUT2D eigenvalue weighted by Crippen LogP contribution is -2.06. The Morgan fingerprint density at radius 3 is 2.35 bits per heavy atom. The van der Waals surface area contributed by atoms with Crippen LogP contribution < -0.4 is 0 Å². The molecule has 0 aliphatic heterocycles. The van der Waals surface area contributed by atoms with Gasteiger partial charge in [0.25, 0.3) is 0 Å². The van der Waals surface area contributed by atoms with Gasteiger partial charge in [0.15, 0.2) is 0 Å². The molecule has 0 N–H and O–H groups in total. The molecule has 0 amide bonds. The molecule has 0 rings (SSSR count). The molecule has 2 heteroatoms. The van der Waals surface area contributed by atoms with Crippen molar-refractivity contribution in [3.63, 3.8) is 0 Å². The molecule has 1 atom stereocenters. The van der Waals surface area contributed by atoms with Crippen molar-refractivity contribution in [2.75, 3.05) is 7.11 Å². The summed E-state index contributed by atoms with van der Waals surface area (Å²) in [4.78, 5) is 0. The minimum absolute atomic E-state index is 0.201. The van der Waals surface area contributed by atoms with Crippen molar-refractivity contribution in [1.82, 2.24) is 0 Å². The molecule has 0 saturated heterocycles. The molecule has 0 radical (unpaired) electrons. The molecule has 0 spiro atoms. The summed E-state index contributed by atoms with van der Waals surface area (Å²) >= 11 is 0. The van der Waals surface area contributed by atoms with Crippen LogP contribution in [0.4, 0.5) is 0 Å². The molecule has 0 saturated carbocycles. The first-order valence-electron chi connectivity index (χ1n) is 5.97. The van der Waals surface area contributed by atoms with Gasteiger partial charge in [-0.05, 0) is 44.1 Å². The van der Waals surface area contributed by atoms with Crippen molar-refractivity contribution in [2.24, 2.45) is 0 Å². The molecule has 96 valence electrons. The Labute approximate surface area is 105 Å². The quantitative estimate of drug-likeness (QED) is 0.460. The first-order chi connectivity index (χ1) is 8.08. The van der Waals surface area contributed by atoms with Gasteiger partial charge in [-0.15, -0.1) is 0 Å². The number of allylic oxidation sites excluding steroid dienone is 4. The van der Waals surface area contributed by atoms with E-state index in [9.17, 15) is 0 Å².